The van der Waals surface area contributed by atoms with Crippen molar-refractivity contribution in [3.8, 4) is 0 Å². The molecule has 10 aromatic rings. The van der Waals surface area contributed by atoms with Crippen LogP contribution in [0.4, 0.5) is 8.78 Å². The molecule has 78 heavy (non-hydrogen) atoms. The Balaban J connectivity index is 0.000000198. The summed E-state index contributed by atoms with van der Waals surface area (Å²) in [6, 6.07) is 19.3. The summed E-state index contributed by atoms with van der Waals surface area (Å²) >= 11 is 11.8. The Morgan fingerprint density at radius 1 is 0.679 bits per heavy atom. The summed E-state index contributed by atoms with van der Waals surface area (Å²) in [7, 11) is 1.36. The van der Waals surface area contributed by atoms with Gasteiger partial charge in [0.15, 0.2) is 23.0 Å². The first-order chi connectivity index (χ1) is 36.3. The molecule has 0 bridgehead atoms. The molecule has 12 rings (SSSR count). The summed E-state index contributed by atoms with van der Waals surface area (Å²) in [6.07, 6.45) is 13.8. The number of benzene rings is 2. The predicted molar refractivity (Wildman–Crippen MR) is 274 cm³/mol. The molecule has 2 aromatic carbocycles. The first-order valence-electron chi connectivity index (χ1n) is 23.8. The van der Waals surface area contributed by atoms with Crippen LogP contribution in [-0.4, -0.2) is 105 Å². The van der Waals surface area contributed by atoms with Crippen molar-refractivity contribution < 1.29 is 67.6 Å². The minimum Gasteiger partial charge on any atom is -0.870 e. The van der Waals surface area contributed by atoms with Gasteiger partial charge in [0.25, 0.3) is 11.8 Å². The number of carboxylic acids is 1. The van der Waals surface area contributed by atoms with Crippen LogP contribution in [0.1, 0.15) is 92.4 Å². The maximum absolute atomic E-state index is 14.5. The first-order valence-corrected chi connectivity index (χ1v) is 24.5. The molecule has 2 aliphatic rings. The van der Waals surface area contributed by atoms with Gasteiger partial charge in [0.1, 0.15) is 24.1 Å². The summed E-state index contributed by atoms with van der Waals surface area (Å²) in [5.74, 6) is -2.32. The molecule has 0 atom stereocenters. The Morgan fingerprint density at radius 2 is 1.12 bits per heavy atom. The minimum absolute atomic E-state index is 0. The minimum atomic E-state index is -0.951. The zero-order valence-electron chi connectivity index (χ0n) is 41.8. The van der Waals surface area contributed by atoms with Gasteiger partial charge in [-0.1, -0.05) is 45.8 Å². The van der Waals surface area contributed by atoms with Crippen molar-refractivity contribution in [1.82, 2.24) is 68.5 Å². The van der Waals surface area contributed by atoms with Gasteiger partial charge in [0, 0.05) is 45.6 Å². The molecule has 0 unspecified atom stereocenters. The van der Waals surface area contributed by atoms with Gasteiger partial charge in [0.2, 0.25) is 0 Å². The molecule has 2 amide bonds. The smallest absolute Gasteiger partial charge is 0.870 e. The SMILES string of the molecule is COC(=O)Cn1c(Cn2cc(C(=O)NCc3ncn4ccc(Cl)c(F)c34)nn2)cc2cc(C3CC3)ccc21.O.O=C(O)Cn1c(Cn2cc(C(=O)NCc3ncn4ccc(Cl)c(F)c34)nn2)cc2cc(C3CC3)ccc21.[Li+].[OH-]. The van der Waals surface area contributed by atoms with Crippen LogP contribution in [0.25, 0.3) is 32.8 Å². The standard InChI is InChI=1S/C26H23ClFN7O3.C25H21ClFN7O3.Li.2H2O/c1-38-23(36)13-35-18(9-17-8-16(15-2-3-15)4-5-22(17)35)11-34-12-21(31-32-34)26(37)29-10-20-25-24(28)19(27)6-7-33(25)14-30-20;26-18-5-6-32-13-29-19(24(32)23(18)27)9-28-25(37)20-11-33(31-30-20)10-17-8-16-7-15(14-1-2-14)3-4-21(16)34(17)12-22(35)36;;;/h4-9,12,14-15H,2-3,10-11,13H2,1H3,(H,29,37);3-8,11,13-14H,1-2,9-10,12H2,(H,28,37)(H,35,36);;2*1H2/q;;+1;;/p-1. The van der Waals surface area contributed by atoms with Gasteiger partial charge < -0.3 is 49.4 Å². The predicted octanol–water partition coefficient (Wildman–Crippen LogP) is 3.32. The number of amides is 2. The number of imidazole rings is 2. The average molecular weight is 1100 g/mol. The number of aromatic nitrogens is 12. The van der Waals surface area contributed by atoms with Crippen LogP contribution in [0, 0.1) is 11.6 Å². The van der Waals surface area contributed by atoms with E-state index in [9.17, 15) is 33.1 Å². The third kappa shape index (κ3) is 11.6. The van der Waals surface area contributed by atoms with Gasteiger partial charge in [-0.15, -0.1) is 10.2 Å². The topological polar surface area (TPSA) is 289 Å². The molecule has 0 aliphatic heterocycles. The van der Waals surface area contributed by atoms with Crippen LogP contribution in [0.15, 0.2) is 98.1 Å². The quantitative estimate of drug-likeness (QED) is 0.0926. The second-order valence-corrected chi connectivity index (χ2v) is 19.2. The van der Waals surface area contributed by atoms with E-state index in [-0.39, 0.29) is 101 Å². The Hall–Kier alpha value is -7.98. The number of rotatable bonds is 16. The number of carbonyl (C=O) groups is 4. The van der Waals surface area contributed by atoms with E-state index in [0.717, 1.165) is 33.2 Å². The molecule has 2 saturated carbocycles. The molecular formula is C51H47Cl2F2LiN14O8. The van der Waals surface area contributed by atoms with E-state index in [1.165, 1.54) is 99.3 Å². The largest absolute Gasteiger partial charge is 1.00 e. The van der Waals surface area contributed by atoms with Gasteiger partial charge in [0.05, 0.1) is 79.8 Å². The van der Waals surface area contributed by atoms with Crippen molar-refractivity contribution in [2.75, 3.05) is 7.11 Å². The number of ether oxygens (including phenoxy) is 1. The number of nitrogens with one attached hydrogen (secondary N) is 2. The van der Waals surface area contributed by atoms with Crippen molar-refractivity contribution in [3.63, 3.8) is 0 Å². The van der Waals surface area contributed by atoms with Crippen LogP contribution in [-0.2, 0) is 53.6 Å². The molecule has 8 heterocycles. The average Bonchev–Trinajstić information content (AvgIpc) is 4.11. The number of hydrogen-bond donors (Lipinski definition) is 3. The molecule has 0 radical (unpaired) electrons. The second-order valence-electron chi connectivity index (χ2n) is 18.4. The maximum Gasteiger partial charge on any atom is 1.00 e. The number of nitrogens with zero attached hydrogens (tertiary/aromatic N) is 12. The van der Waals surface area contributed by atoms with E-state index in [2.05, 4.69) is 65.5 Å². The zero-order valence-corrected chi connectivity index (χ0v) is 43.3. The van der Waals surface area contributed by atoms with Crippen molar-refractivity contribution in [1.29, 1.82) is 0 Å². The van der Waals surface area contributed by atoms with Crippen LogP contribution in [0.5, 0.6) is 0 Å². The maximum atomic E-state index is 14.5. The third-order valence-electron chi connectivity index (χ3n) is 13.3. The second kappa shape index (κ2) is 23.3. The van der Waals surface area contributed by atoms with Crippen molar-refractivity contribution in [3.05, 3.63) is 165 Å². The van der Waals surface area contributed by atoms with Gasteiger partial charge in [-0.25, -0.2) is 28.1 Å². The number of esters is 1. The number of carboxylic acid groups (broad SMARTS) is 1. The third-order valence-corrected chi connectivity index (χ3v) is 13.9. The van der Waals surface area contributed by atoms with Crippen LogP contribution >= 0.6 is 23.2 Å². The normalized spacial score (nSPS) is 12.9. The van der Waals surface area contributed by atoms with E-state index in [4.69, 9.17) is 27.9 Å². The number of aliphatic carboxylic acids is 1. The molecule has 398 valence electrons. The molecule has 0 spiro atoms. The van der Waals surface area contributed by atoms with E-state index >= 15 is 0 Å². The molecule has 27 heteroatoms. The van der Waals surface area contributed by atoms with Crippen molar-refractivity contribution in [2.24, 2.45) is 0 Å². The summed E-state index contributed by atoms with van der Waals surface area (Å²) in [4.78, 5) is 57.4. The Bertz CT molecular complexity index is 3900. The molecule has 0 saturated heterocycles. The van der Waals surface area contributed by atoms with Gasteiger partial charge in [-0.3, -0.25) is 19.2 Å². The Labute approximate surface area is 462 Å². The van der Waals surface area contributed by atoms with Crippen molar-refractivity contribution in [2.45, 2.75) is 76.8 Å². The number of fused-ring (bicyclic) bond motifs is 4. The van der Waals surface area contributed by atoms with E-state index < -0.39 is 29.4 Å². The fourth-order valence-corrected chi connectivity index (χ4v) is 9.52. The summed E-state index contributed by atoms with van der Waals surface area (Å²) in [5, 5.41) is 32.9. The number of carbonyl (C=O) groups excluding carboxylic acids is 3. The number of pyridine rings is 2. The van der Waals surface area contributed by atoms with Gasteiger partial charge in [-0.2, -0.15) is 0 Å². The fourth-order valence-electron chi connectivity index (χ4n) is 9.23. The number of hydrogen-bond acceptors (Lipinski definition) is 12. The Morgan fingerprint density at radius 3 is 1.53 bits per heavy atom. The Kier molecular flexibility index (Phi) is 16.8. The molecule has 8 aromatic heterocycles. The monoisotopic (exact) mass is 1100 g/mol. The fraction of sp³-hybridized carbons (Fsp3) is 0.255. The van der Waals surface area contributed by atoms with Crippen LogP contribution < -0.4 is 29.5 Å². The molecule has 22 nitrogen and oxygen atoms in total. The van der Waals surface area contributed by atoms with Crippen molar-refractivity contribution >= 4 is 79.8 Å². The molecule has 6 N–H and O–H groups in total. The van der Waals surface area contributed by atoms with E-state index in [1.54, 1.807) is 17.0 Å². The summed E-state index contributed by atoms with van der Waals surface area (Å²) in [5.41, 5.74) is 7.09. The van der Waals surface area contributed by atoms with E-state index in [0.29, 0.717) is 29.8 Å². The van der Waals surface area contributed by atoms with E-state index in [1.807, 2.05) is 28.8 Å². The summed E-state index contributed by atoms with van der Waals surface area (Å²) < 4.78 is 43.4. The molecule has 2 aliphatic carbocycles. The zero-order chi connectivity index (χ0) is 52.1. The van der Waals surface area contributed by atoms with Gasteiger partial charge in [-0.05, 0) is 97.2 Å². The number of methoxy groups -OCH3 is 1. The summed E-state index contributed by atoms with van der Waals surface area (Å²) in [6.45, 7) is 0.338. The molecular weight excluding hydrogens is 1050 g/mol. The van der Waals surface area contributed by atoms with Crippen LogP contribution in [0.3, 0.4) is 0 Å². The number of halogens is 4. The van der Waals surface area contributed by atoms with Gasteiger partial charge >= 0.3 is 30.8 Å². The first kappa shape index (κ1) is 56.2. The van der Waals surface area contributed by atoms with Crippen LogP contribution in [0.2, 0.25) is 10.0 Å². The molecule has 2 fully saturated rings.